The van der Waals surface area contributed by atoms with E-state index < -0.39 is 0 Å². The molecule has 0 saturated carbocycles. The Hall–Kier alpha value is -1.26. The third-order valence-electron chi connectivity index (χ3n) is 3.04. The van der Waals surface area contributed by atoms with Gasteiger partial charge in [-0.05, 0) is 44.6 Å². The zero-order valence-electron chi connectivity index (χ0n) is 10.4. The molecule has 98 valence electrons. The molecule has 1 fully saturated rings. The molecular formula is C13H18ClN3O. The molecule has 1 aliphatic rings. The highest BCUT2D eigenvalue weighted by molar-refractivity contribution is 6.30. The molecule has 1 aliphatic heterocycles. The number of carbonyl (C=O) groups excluding carboxylic acids is 1. The number of nitrogens with one attached hydrogen (secondary N) is 2. The topological polar surface area (TPSA) is 44.4 Å². The average molecular weight is 268 g/mol. The summed E-state index contributed by atoms with van der Waals surface area (Å²) in [4.78, 5) is 14.0. The van der Waals surface area contributed by atoms with E-state index >= 15 is 0 Å². The van der Waals surface area contributed by atoms with E-state index in [9.17, 15) is 4.79 Å². The number of anilines is 1. The van der Waals surface area contributed by atoms with Crippen LogP contribution in [0.5, 0.6) is 0 Å². The molecule has 18 heavy (non-hydrogen) atoms. The Balaban J connectivity index is 1.85. The van der Waals surface area contributed by atoms with Crippen LogP contribution in [0.4, 0.5) is 10.5 Å². The van der Waals surface area contributed by atoms with E-state index in [4.69, 9.17) is 11.6 Å². The third-order valence-corrected chi connectivity index (χ3v) is 3.28. The van der Waals surface area contributed by atoms with Crippen LogP contribution in [0.2, 0.25) is 5.02 Å². The number of nitrogens with zero attached hydrogens (tertiary/aromatic N) is 1. The predicted molar refractivity (Wildman–Crippen MR) is 74.1 cm³/mol. The zero-order chi connectivity index (χ0) is 13.0. The molecule has 1 aromatic carbocycles. The second kappa shape index (κ2) is 6.07. The van der Waals surface area contributed by atoms with E-state index in [2.05, 4.69) is 22.6 Å². The van der Waals surface area contributed by atoms with Gasteiger partial charge in [-0.15, -0.1) is 0 Å². The lowest BCUT2D eigenvalue weighted by Crippen LogP contribution is -2.47. The first-order valence-corrected chi connectivity index (χ1v) is 6.53. The van der Waals surface area contributed by atoms with Gasteiger partial charge < -0.3 is 15.5 Å². The summed E-state index contributed by atoms with van der Waals surface area (Å²) in [6, 6.07) is 7.19. The lowest BCUT2D eigenvalue weighted by Gasteiger charge is -2.30. The van der Waals surface area contributed by atoms with Crippen LogP contribution >= 0.6 is 11.6 Å². The minimum atomic E-state index is -0.169. The van der Waals surface area contributed by atoms with E-state index in [1.807, 2.05) is 12.1 Å². The van der Waals surface area contributed by atoms with Crippen molar-refractivity contribution in [1.29, 1.82) is 0 Å². The number of piperidine rings is 1. The van der Waals surface area contributed by atoms with Gasteiger partial charge in [-0.2, -0.15) is 0 Å². The molecule has 2 N–H and O–H groups in total. The Morgan fingerprint density at radius 1 is 1.50 bits per heavy atom. The number of hydrogen-bond donors (Lipinski definition) is 2. The van der Waals surface area contributed by atoms with E-state index in [1.165, 1.54) is 0 Å². The van der Waals surface area contributed by atoms with Crippen LogP contribution in [-0.2, 0) is 0 Å². The zero-order valence-corrected chi connectivity index (χ0v) is 11.2. The van der Waals surface area contributed by atoms with Crippen molar-refractivity contribution in [1.82, 2.24) is 10.2 Å². The molecule has 2 amide bonds. The number of urea groups is 1. The van der Waals surface area contributed by atoms with Crippen molar-refractivity contribution in [2.24, 2.45) is 0 Å². The molecule has 0 spiro atoms. The van der Waals surface area contributed by atoms with Crippen LogP contribution < -0.4 is 10.6 Å². The third kappa shape index (κ3) is 3.89. The van der Waals surface area contributed by atoms with E-state index in [-0.39, 0.29) is 12.1 Å². The van der Waals surface area contributed by atoms with Gasteiger partial charge in [0.2, 0.25) is 0 Å². The van der Waals surface area contributed by atoms with Crippen LogP contribution in [0.25, 0.3) is 0 Å². The number of likely N-dealkylation sites (N-methyl/N-ethyl adjacent to an activating group) is 1. The Morgan fingerprint density at radius 2 is 2.33 bits per heavy atom. The molecule has 4 nitrogen and oxygen atoms in total. The highest BCUT2D eigenvalue weighted by Crippen LogP contribution is 2.15. The number of likely N-dealkylation sites (tertiary alicyclic amines) is 1. The Labute approximate surface area is 112 Å². The molecule has 5 heteroatoms. The fourth-order valence-corrected chi connectivity index (χ4v) is 2.39. The summed E-state index contributed by atoms with van der Waals surface area (Å²) in [5.74, 6) is 0. The van der Waals surface area contributed by atoms with Crippen molar-refractivity contribution in [2.75, 3.05) is 25.5 Å². The lowest BCUT2D eigenvalue weighted by molar-refractivity contribution is 0.216. The average Bonchev–Trinajstić information content (AvgIpc) is 2.28. The minimum absolute atomic E-state index is 0.169. The fourth-order valence-electron chi connectivity index (χ4n) is 2.20. The second-order valence-electron chi connectivity index (χ2n) is 4.71. The van der Waals surface area contributed by atoms with Crippen molar-refractivity contribution in [3.8, 4) is 0 Å². The summed E-state index contributed by atoms with van der Waals surface area (Å²) in [6.07, 6.45) is 2.16. The van der Waals surface area contributed by atoms with Crippen molar-refractivity contribution in [2.45, 2.75) is 18.9 Å². The van der Waals surface area contributed by atoms with Gasteiger partial charge in [0.25, 0.3) is 0 Å². The van der Waals surface area contributed by atoms with Crippen LogP contribution in [0.15, 0.2) is 24.3 Å². The van der Waals surface area contributed by atoms with Gasteiger partial charge in [0.1, 0.15) is 0 Å². The maximum Gasteiger partial charge on any atom is 0.319 e. The number of rotatable bonds is 2. The standard InChI is InChI=1S/C13H18ClN3O/c1-17-7-3-6-12(9-17)16-13(18)15-11-5-2-4-10(14)8-11/h2,4-5,8,12H,3,6-7,9H2,1H3,(H2,15,16,18). The smallest absolute Gasteiger partial charge is 0.319 e. The first-order valence-electron chi connectivity index (χ1n) is 6.15. The van der Waals surface area contributed by atoms with E-state index in [0.717, 1.165) is 25.9 Å². The highest BCUT2D eigenvalue weighted by atomic mass is 35.5. The molecule has 0 bridgehead atoms. The molecule has 2 rings (SSSR count). The maximum absolute atomic E-state index is 11.8. The highest BCUT2D eigenvalue weighted by Gasteiger charge is 2.18. The molecule has 1 atom stereocenters. The first-order chi connectivity index (χ1) is 8.63. The van der Waals surface area contributed by atoms with Crippen LogP contribution in [0.3, 0.4) is 0 Å². The first kappa shape index (κ1) is 13.2. The summed E-state index contributed by atoms with van der Waals surface area (Å²) >= 11 is 5.86. The Bertz CT molecular complexity index is 424. The molecule has 0 aromatic heterocycles. The second-order valence-corrected chi connectivity index (χ2v) is 5.15. The van der Waals surface area contributed by atoms with Crippen LogP contribution in [0.1, 0.15) is 12.8 Å². The largest absolute Gasteiger partial charge is 0.334 e. The number of benzene rings is 1. The number of halogens is 1. The Kier molecular flexibility index (Phi) is 4.44. The monoisotopic (exact) mass is 267 g/mol. The summed E-state index contributed by atoms with van der Waals surface area (Å²) < 4.78 is 0. The van der Waals surface area contributed by atoms with Crippen molar-refractivity contribution >= 4 is 23.3 Å². The number of hydrogen-bond acceptors (Lipinski definition) is 2. The van der Waals surface area contributed by atoms with Crippen LogP contribution in [0, 0.1) is 0 Å². The SMILES string of the molecule is CN1CCCC(NC(=O)Nc2cccc(Cl)c2)C1. The minimum Gasteiger partial charge on any atom is -0.334 e. The number of amides is 2. The quantitative estimate of drug-likeness (QED) is 0.865. The molecule has 1 heterocycles. The van der Waals surface area contributed by atoms with Crippen molar-refractivity contribution in [3.05, 3.63) is 29.3 Å². The van der Waals surface area contributed by atoms with Gasteiger partial charge in [0.05, 0.1) is 0 Å². The van der Waals surface area contributed by atoms with E-state index in [0.29, 0.717) is 10.7 Å². The van der Waals surface area contributed by atoms with Crippen molar-refractivity contribution < 1.29 is 4.79 Å². The maximum atomic E-state index is 11.8. The molecule has 0 aliphatic carbocycles. The number of carbonyl (C=O) groups is 1. The van der Waals surface area contributed by atoms with Crippen molar-refractivity contribution in [3.63, 3.8) is 0 Å². The van der Waals surface area contributed by atoms with Gasteiger partial charge >= 0.3 is 6.03 Å². The van der Waals surface area contributed by atoms with E-state index in [1.54, 1.807) is 12.1 Å². The summed E-state index contributed by atoms with van der Waals surface area (Å²) in [6.45, 7) is 2.01. The predicted octanol–water partition coefficient (Wildman–Crippen LogP) is 2.56. The molecule has 1 unspecified atom stereocenters. The molecule has 1 saturated heterocycles. The van der Waals surface area contributed by atoms with Gasteiger partial charge in [0.15, 0.2) is 0 Å². The summed E-state index contributed by atoms with van der Waals surface area (Å²) in [5.41, 5.74) is 0.712. The van der Waals surface area contributed by atoms with Crippen LogP contribution in [-0.4, -0.2) is 37.1 Å². The van der Waals surface area contributed by atoms with Gasteiger partial charge in [0, 0.05) is 23.3 Å². The normalized spacial score (nSPS) is 20.4. The molecular weight excluding hydrogens is 250 g/mol. The Morgan fingerprint density at radius 3 is 3.06 bits per heavy atom. The fraction of sp³-hybridized carbons (Fsp3) is 0.462. The lowest BCUT2D eigenvalue weighted by atomic mass is 10.1. The van der Waals surface area contributed by atoms with Gasteiger partial charge in [-0.25, -0.2) is 4.79 Å². The van der Waals surface area contributed by atoms with Gasteiger partial charge in [-0.1, -0.05) is 17.7 Å². The summed E-state index contributed by atoms with van der Waals surface area (Å²) in [5, 5.41) is 6.39. The molecule has 0 radical (unpaired) electrons. The molecule has 1 aromatic rings. The van der Waals surface area contributed by atoms with Gasteiger partial charge in [-0.3, -0.25) is 0 Å². The summed E-state index contributed by atoms with van der Waals surface area (Å²) in [7, 11) is 2.07.